The Morgan fingerprint density at radius 3 is 2.61 bits per heavy atom. The number of halogens is 1. The lowest BCUT2D eigenvalue weighted by Crippen LogP contribution is -2.23. The minimum Gasteiger partial charge on any atom is -0.369 e. The number of carbonyl (C=O) groups is 1. The summed E-state index contributed by atoms with van der Waals surface area (Å²) in [4.78, 5) is 14.1. The van der Waals surface area contributed by atoms with E-state index in [0.717, 1.165) is 24.5 Å². The smallest absolute Gasteiger partial charge is 0.226 e. The highest BCUT2D eigenvalue weighted by molar-refractivity contribution is 6.34. The summed E-state index contributed by atoms with van der Waals surface area (Å²) in [6.07, 6.45) is 2.37. The molecule has 0 aliphatic carbocycles. The van der Waals surface area contributed by atoms with Gasteiger partial charge >= 0.3 is 0 Å². The molecule has 0 atom stereocenters. The van der Waals surface area contributed by atoms with Crippen LogP contribution in [0.2, 0.25) is 5.02 Å². The fraction of sp³-hybridized carbons (Fsp3) is 0.500. The highest BCUT2D eigenvalue weighted by Crippen LogP contribution is 2.36. The van der Waals surface area contributed by atoms with Crippen molar-refractivity contribution >= 4 is 28.9 Å². The van der Waals surface area contributed by atoms with Gasteiger partial charge in [-0.1, -0.05) is 31.5 Å². The van der Waals surface area contributed by atoms with Gasteiger partial charge in [0, 0.05) is 19.0 Å². The standard InChI is InChI=1S/C14H19ClN2O/c1-10(2)14(18)16-12-7-5-6-11(15)13(12)17-8-3-4-9-17/h5-7,10H,3-4,8-9H2,1-2H3,(H,16,18). The summed E-state index contributed by atoms with van der Waals surface area (Å²) in [5.41, 5.74) is 1.79. The first-order chi connectivity index (χ1) is 8.59. The van der Waals surface area contributed by atoms with E-state index in [-0.39, 0.29) is 11.8 Å². The van der Waals surface area contributed by atoms with Gasteiger partial charge in [0.1, 0.15) is 0 Å². The molecule has 1 saturated heterocycles. The van der Waals surface area contributed by atoms with Gasteiger partial charge in [0.25, 0.3) is 0 Å². The number of para-hydroxylation sites is 1. The zero-order valence-corrected chi connectivity index (χ0v) is 11.6. The zero-order valence-electron chi connectivity index (χ0n) is 10.9. The van der Waals surface area contributed by atoms with Crippen molar-refractivity contribution in [3.63, 3.8) is 0 Å². The third kappa shape index (κ3) is 2.78. The molecule has 18 heavy (non-hydrogen) atoms. The molecule has 1 N–H and O–H groups in total. The Morgan fingerprint density at radius 2 is 2.00 bits per heavy atom. The van der Waals surface area contributed by atoms with Gasteiger partial charge in [0.2, 0.25) is 5.91 Å². The monoisotopic (exact) mass is 266 g/mol. The summed E-state index contributed by atoms with van der Waals surface area (Å²) in [6, 6.07) is 5.66. The van der Waals surface area contributed by atoms with Crippen LogP contribution in [0, 0.1) is 5.92 Å². The third-order valence-electron chi connectivity index (χ3n) is 3.19. The van der Waals surface area contributed by atoms with Crippen LogP contribution in [0.3, 0.4) is 0 Å². The average molecular weight is 267 g/mol. The Labute approximate surface area is 113 Å². The number of rotatable bonds is 3. The van der Waals surface area contributed by atoms with Crippen LogP contribution in [0.25, 0.3) is 0 Å². The second kappa shape index (κ2) is 5.61. The van der Waals surface area contributed by atoms with E-state index in [4.69, 9.17) is 11.6 Å². The Morgan fingerprint density at radius 1 is 1.33 bits per heavy atom. The molecule has 1 aliphatic heterocycles. The van der Waals surface area contributed by atoms with Crippen LogP contribution < -0.4 is 10.2 Å². The predicted octanol–water partition coefficient (Wildman–Crippen LogP) is 3.53. The number of nitrogens with one attached hydrogen (secondary N) is 1. The fourth-order valence-corrected chi connectivity index (χ4v) is 2.45. The fourth-order valence-electron chi connectivity index (χ4n) is 2.16. The molecule has 1 amide bonds. The first kappa shape index (κ1) is 13.2. The van der Waals surface area contributed by atoms with Crippen molar-refractivity contribution < 1.29 is 4.79 Å². The summed E-state index contributed by atoms with van der Waals surface area (Å²) in [7, 11) is 0. The molecule has 1 fully saturated rings. The van der Waals surface area contributed by atoms with Gasteiger partial charge in [-0.25, -0.2) is 0 Å². The second-order valence-corrected chi connectivity index (χ2v) is 5.38. The van der Waals surface area contributed by atoms with Gasteiger partial charge in [0.05, 0.1) is 16.4 Å². The number of benzene rings is 1. The van der Waals surface area contributed by atoms with Gasteiger partial charge in [-0.05, 0) is 25.0 Å². The van der Waals surface area contributed by atoms with E-state index in [9.17, 15) is 4.79 Å². The summed E-state index contributed by atoms with van der Waals surface area (Å²) in [5, 5.41) is 3.67. The highest BCUT2D eigenvalue weighted by Gasteiger charge is 2.20. The SMILES string of the molecule is CC(C)C(=O)Nc1cccc(Cl)c1N1CCCC1. The van der Waals surface area contributed by atoms with Crippen molar-refractivity contribution in [1.29, 1.82) is 0 Å². The quantitative estimate of drug-likeness (QED) is 0.908. The molecular weight excluding hydrogens is 248 g/mol. The van der Waals surface area contributed by atoms with Crippen LogP contribution in [-0.4, -0.2) is 19.0 Å². The number of hydrogen-bond donors (Lipinski definition) is 1. The molecule has 0 aromatic heterocycles. The van der Waals surface area contributed by atoms with Crippen LogP contribution >= 0.6 is 11.6 Å². The maximum atomic E-state index is 11.8. The second-order valence-electron chi connectivity index (χ2n) is 4.97. The van der Waals surface area contributed by atoms with Gasteiger partial charge in [-0.3, -0.25) is 4.79 Å². The molecule has 0 bridgehead atoms. The van der Waals surface area contributed by atoms with Gasteiger partial charge in [-0.2, -0.15) is 0 Å². The van der Waals surface area contributed by atoms with E-state index in [1.807, 2.05) is 32.0 Å². The number of nitrogens with zero attached hydrogens (tertiary/aromatic N) is 1. The number of hydrogen-bond acceptors (Lipinski definition) is 2. The lowest BCUT2D eigenvalue weighted by Gasteiger charge is -2.23. The summed E-state index contributed by atoms with van der Waals surface area (Å²) < 4.78 is 0. The van der Waals surface area contributed by atoms with E-state index in [0.29, 0.717) is 5.02 Å². The van der Waals surface area contributed by atoms with Crippen LogP contribution in [0.1, 0.15) is 26.7 Å². The molecule has 0 saturated carbocycles. The Kier molecular flexibility index (Phi) is 4.12. The van der Waals surface area contributed by atoms with E-state index in [1.54, 1.807) is 0 Å². The van der Waals surface area contributed by atoms with Crippen molar-refractivity contribution in [2.24, 2.45) is 5.92 Å². The molecule has 2 rings (SSSR count). The topological polar surface area (TPSA) is 32.3 Å². The molecular formula is C14H19ClN2O. The van der Waals surface area contributed by atoms with Crippen LogP contribution in [0.15, 0.2) is 18.2 Å². The maximum absolute atomic E-state index is 11.8. The molecule has 0 spiro atoms. The summed E-state index contributed by atoms with van der Waals surface area (Å²) in [5.74, 6) is -0.00637. The number of carbonyl (C=O) groups excluding carboxylic acids is 1. The normalized spacial score (nSPS) is 15.2. The third-order valence-corrected chi connectivity index (χ3v) is 3.50. The van der Waals surface area contributed by atoms with Crippen LogP contribution in [0.5, 0.6) is 0 Å². The molecule has 4 heteroatoms. The van der Waals surface area contributed by atoms with Gasteiger partial charge in [0.15, 0.2) is 0 Å². The highest BCUT2D eigenvalue weighted by atomic mass is 35.5. The summed E-state index contributed by atoms with van der Waals surface area (Å²) >= 11 is 6.28. The van der Waals surface area contributed by atoms with Crippen LogP contribution in [-0.2, 0) is 4.79 Å². The lowest BCUT2D eigenvalue weighted by molar-refractivity contribution is -0.118. The minimum atomic E-state index is -0.0320. The zero-order chi connectivity index (χ0) is 13.1. The van der Waals surface area contributed by atoms with E-state index < -0.39 is 0 Å². The average Bonchev–Trinajstić information content (AvgIpc) is 2.82. The van der Waals surface area contributed by atoms with Crippen molar-refractivity contribution in [2.75, 3.05) is 23.3 Å². The largest absolute Gasteiger partial charge is 0.369 e. The Hall–Kier alpha value is -1.22. The minimum absolute atomic E-state index is 0.0257. The molecule has 3 nitrogen and oxygen atoms in total. The van der Waals surface area contributed by atoms with Gasteiger partial charge < -0.3 is 10.2 Å². The first-order valence-electron chi connectivity index (χ1n) is 6.44. The summed E-state index contributed by atoms with van der Waals surface area (Å²) in [6.45, 7) is 5.79. The Bertz CT molecular complexity index is 439. The molecule has 1 aromatic rings. The van der Waals surface area contributed by atoms with Crippen molar-refractivity contribution in [3.8, 4) is 0 Å². The van der Waals surface area contributed by atoms with Crippen molar-refractivity contribution in [2.45, 2.75) is 26.7 Å². The number of anilines is 2. The maximum Gasteiger partial charge on any atom is 0.226 e. The molecule has 1 aliphatic rings. The van der Waals surface area contributed by atoms with Crippen molar-refractivity contribution in [1.82, 2.24) is 0 Å². The van der Waals surface area contributed by atoms with E-state index in [2.05, 4.69) is 10.2 Å². The molecule has 0 unspecified atom stereocenters. The van der Waals surface area contributed by atoms with Crippen molar-refractivity contribution in [3.05, 3.63) is 23.2 Å². The number of amides is 1. The first-order valence-corrected chi connectivity index (χ1v) is 6.81. The van der Waals surface area contributed by atoms with Crippen LogP contribution in [0.4, 0.5) is 11.4 Å². The molecule has 0 radical (unpaired) electrons. The van der Waals surface area contributed by atoms with Gasteiger partial charge in [-0.15, -0.1) is 0 Å². The lowest BCUT2D eigenvalue weighted by atomic mass is 10.2. The van der Waals surface area contributed by atoms with E-state index in [1.165, 1.54) is 12.8 Å². The molecule has 98 valence electrons. The molecule has 1 aromatic carbocycles. The predicted molar refractivity (Wildman–Crippen MR) is 76.4 cm³/mol. The Balaban J connectivity index is 2.28. The van der Waals surface area contributed by atoms with E-state index >= 15 is 0 Å². The molecule has 1 heterocycles.